The van der Waals surface area contributed by atoms with Crippen LogP contribution in [0.3, 0.4) is 0 Å². The summed E-state index contributed by atoms with van der Waals surface area (Å²) < 4.78 is 5.71. The highest BCUT2D eigenvalue weighted by Crippen LogP contribution is 2.31. The van der Waals surface area contributed by atoms with Gasteiger partial charge in [0.2, 0.25) is 0 Å². The predicted molar refractivity (Wildman–Crippen MR) is 76.2 cm³/mol. The van der Waals surface area contributed by atoms with E-state index < -0.39 is 0 Å². The SMILES string of the molecule is CCC1COC(C)CN1c1ccc(CN)cc1Cl. The molecule has 0 bridgehead atoms. The van der Waals surface area contributed by atoms with E-state index in [0.717, 1.165) is 35.8 Å². The minimum absolute atomic E-state index is 0.248. The zero-order valence-electron chi connectivity index (χ0n) is 11.0. The molecule has 2 rings (SSSR count). The zero-order chi connectivity index (χ0) is 13.1. The van der Waals surface area contributed by atoms with Gasteiger partial charge in [-0.3, -0.25) is 0 Å². The Balaban J connectivity index is 2.27. The van der Waals surface area contributed by atoms with Crippen LogP contribution in [0.1, 0.15) is 25.8 Å². The molecular formula is C14H21ClN2O. The van der Waals surface area contributed by atoms with Crippen molar-refractivity contribution >= 4 is 17.3 Å². The van der Waals surface area contributed by atoms with Gasteiger partial charge in [0.25, 0.3) is 0 Å². The molecule has 2 atom stereocenters. The number of rotatable bonds is 3. The second-order valence-electron chi connectivity index (χ2n) is 4.85. The van der Waals surface area contributed by atoms with Crippen LogP contribution in [0.25, 0.3) is 0 Å². The molecule has 3 nitrogen and oxygen atoms in total. The maximum absolute atomic E-state index is 6.37. The summed E-state index contributed by atoms with van der Waals surface area (Å²) in [6.07, 6.45) is 1.31. The van der Waals surface area contributed by atoms with Gasteiger partial charge in [0, 0.05) is 13.1 Å². The Morgan fingerprint density at radius 2 is 2.28 bits per heavy atom. The van der Waals surface area contributed by atoms with E-state index in [1.807, 2.05) is 12.1 Å². The van der Waals surface area contributed by atoms with Crippen LogP contribution in [0.4, 0.5) is 5.69 Å². The van der Waals surface area contributed by atoms with Crippen LogP contribution in [0, 0.1) is 0 Å². The van der Waals surface area contributed by atoms with E-state index in [2.05, 4.69) is 24.8 Å². The molecule has 1 aromatic carbocycles. The first-order chi connectivity index (χ1) is 8.65. The zero-order valence-corrected chi connectivity index (χ0v) is 11.8. The molecule has 1 aliphatic rings. The van der Waals surface area contributed by atoms with Crippen LogP contribution in [-0.4, -0.2) is 25.3 Å². The predicted octanol–water partition coefficient (Wildman–Crippen LogP) is 2.80. The van der Waals surface area contributed by atoms with Crippen LogP contribution < -0.4 is 10.6 Å². The highest BCUT2D eigenvalue weighted by molar-refractivity contribution is 6.33. The van der Waals surface area contributed by atoms with E-state index in [9.17, 15) is 0 Å². The maximum atomic E-state index is 6.37. The average molecular weight is 269 g/mol. The molecule has 0 aliphatic carbocycles. The number of halogens is 1. The first-order valence-electron chi connectivity index (χ1n) is 6.52. The lowest BCUT2D eigenvalue weighted by Crippen LogP contribution is -2.48. The standard InChI is InChI=1S/C14H21ClN2O/c1-3-12-9-18-10(2)8-17(12)14-5-4-11(7-16)6-13(14)15/h4-6,10,12H,3,7-9,16H2,1-2H3. The molecule has 1 aromatic rings. The molecule has 2 N–H and O–H groups in total. The molecule has 18 heavy (non-hydrogen) atoms. The van der Waals surface area contributed by atoms with E-state index in [0.29, 0.717) is 12.6 Å². The number of ether oxygens (including phenoxy) is 1. The van der Waals surface area contributed by atoms with Crippen molar-refractivity contribution in [2.24, 2.45) is 5.73 Å². The van der Waals surface area contributed by atoms with E-state index in [4.69, 9.17) is 22.1 Å². The minimum atomic E-state index is 0.248. The third kappa shape index (κ3) is 2.79. The fraction of sp³-hybridized carbons (Fsp3) is 0.571. The summed E-state index contributed by atoms with van der Waals surface area (Å²) in [6.45, 7) is 6.46. The van der Waals surface area contributed by atoms with Gasteiger partial charge < -0.3 is 15.4 Å². The molecule has 1 aliphatic heterocycles. The van der Waals surface area contributed by atoms with Gasteiger partial charge in [-0.2, -0.15) is 0 Å². The van der Waals surface area contributed by atoms with Gasteiger partial charge in [-0.15, -0.1) is 0 Å². The molecule has 4 heteroatoms. The van der Waals surface area contributed by atoms with Crippen LogP contribution >= 0.6 is 11.6 Å². The molecule has 0 saturated carbocycles. The third-order valence-corrected chi connectivity index (χ3v) is 3.80. The lowest BCUT2D eigenvalue weighted by atomic mass is 10.1. The van der Waals surface area contributed by atoms with Gasteiger partial charge in [0.1, 0.15) is 0 Å². The van der Waals surface area contributed by atoms with Crippen molar-refractivity contribution in [3.63, 3.8) is 0 Å². The third-order valence-electron chi connectivity index (χ3n) is 3.50. The van der Waals surface area contributed by atoms with Crippen LogP contribution in [-0.2, 0) is 11.3 Å². The summed E-state index contributed by atoms with van der Waals surface area (Å²) >= 11 is 6.37. The van der Waals surface area contributed by atoms with E-state index in [1.165, 1.54) is 0 Å². The number of anilines is 1. The highest BCUT2D eigenvalue weighted by Gasteiger charge is 2.26. The topological polar surface area (TPSA) is 38.5 Å². The van der Waals surface area contributed by atoms with Gasteiger partial charge in [-0.25, -0.2) is 0 Å². The largest absolute Gasteiger partial charge is 0.375 e. The second-order valence-corrected chi connectivity index (χ2v) is 5.26. The van der Waals surface area contributed by atoms with Gasteiger partial charge in [0.15, 0.2) is 0 Å². The monoisotopic (exact) mass is 268 g/mol. The van der Waals surface area contributed by atoms with Crippen LogP contribution in [0.15, 0.2) is 18.2 Å². The van der Waals surface area contributed by atoms with Crippen molar-refractivity contribution in [2.45, 2.75) is 39.0 Å². The van der Waals surface area contributed by atoms with Crippen molar-refractivity contribution in [3.8, 4) is 0 Å². The van der Waals surface area contributed by atoms with Crippen LogP contribution in [0.2, 0.25) is 5.02 Å². The van der Waals surface area contributed by atoms with Gasteiger partial charge >= 0.3 is 0 Å². The molecular weight excluding hydrogens is 248 g/mol. The van der Waals surface area contributed by atoms with Gasteiger partial charge in [-0.05, 0) is 31.0 Å². The Morgan fingerprint density at radius 3 is 2.89 bits per heavy atom. The smallest absolute Gasteiger partial charge is 0.0723 e. The molecule has 0 spiro atoms. The van der Waals surface area contributed by atoms with Crippen molar-refractivity contribution in [1.82, 2.24) is 0 Å². The van der Waals surface area contributed by atoms with E-state index in [1.54, 1.807) is 0 Å². The number of benzene rings is 1. The Labute approximate surface area is 114 Å². The quantitative estimate of drug-likeness (QED) is 0.916. The molecule has 1 fully saturated rings. The summed E-state index contributed by atoms with van der Waals surface area (Å²) in [4.78, 5) is 2.36. The Kier molecular flexibility index (Phi) is 4.49. The van der Waals surface area contributed by atoms with Crippen molar-refractivity contribution in [2.75, 3.05) is 18.1 Å². The molecule has 0 amide bonds. The fourth-order valence-corrected chi connectivity index (χ4v) is 2.70. The van der Waals surface area contributed by atoms with Gasteiger partial charge in [0.05, 0.1) is 29.5 Å². The lowest BCUT2D eigenvalue weighted by molar-refractivity contribution is 0.0300. The Bertz CT molecular complexity index is 411. The first kappa shape index (κ1) is 13.7. The number of morpholine rings is 1. The second kappa shape index (κ2) is 5.91. The minimum Gasteiger partial charge on any atom is -0.375 e. The highest BCUT2D eigenvalue weighted by atomic mass is 35.5. The fourth-order valence-electron chi connectivity index (χ4n) is 2.39. The lowest BCUT2D eigenvalue weighted by Gasteiger charge is -2.40. The molecule has 2 unspecified atom stereocenters. The Morgan fingerprint density at radius 1 is 1.50 bits per heavy atom. The van der Waals surface area contributed by atoms with Crippen molar-refractivity contribution in [3.05, 3.63) is 28.8 Å². The number of hydrogen-bond acceptors (Lipinski definition) is 3. The number of nitrogens with two attached hydrogens (primary N) is 1. The van der Waals surface area contributed by atoms with Crippen molar-refractivity contribution in [1.29, 1.82) is 0 Å². The summed E-state index contributed by atoms with van der Waals surface area (Å²) in [6, 6.07) is 6.49. The first-order valence-corrected chi connectivity index (χ1v) is 6.90. The molecule has 1 saturated heterocycles. The maximum Gasteiger partial charge on any atom is 0.0723 e. The molecule has 0 aromatic heterocycles. The normalized spacial score (nSPS) is 24.3. The molecule has 1 heterocycles. The van der Waals surface area contributed by atoms with E-state index in [-0.39, 0.29) is 6.10 Å². The average Bonchev–Trinajstić information content (AvgIpc) is 2.38. The molecule has 0 radical (unpaired) electrons. The van der Waals surface area contributed by atoms with Crippen molar-refractivity contribution < 1.29 is 4.74 Å². The summed E-state index contributed by atoms with van der Waals surface area (Å²) in [5, 5.41) is 0.783. The summed E-state index contributed by atoms with van der Waals surface area (Å²) in [5.41, 5.74) is 7.79. The number of nitrogens with zero attached hydrogens (tertiary/aromatic N) is 1. The summed E-state index contributed by atoms with van der Waals surface area (Å²) in [7, 11) is 0. The van der Waals surface area contributed by atoms with E-state index >= 15 is 0 Å². The van der Waals surface area contributed by atoms with Crippen LogP contribution in [0.5, 0.6) is 0 Å². The Hall–Kier alpha value is -0.770. The molecule has 100 valence electrons. The van der Waals surface area contributed by atoms with Gasteiger partial charge in [-0.1, -0.05) is 24.6 Å². The summed E-state index contributed by atoms with van der Waals surface area (Å²) in [5.74, 6) is 0. The number of hydrogen-bond donors (Lipinski definition) is 1.